The van der Waals surface area contributed by atoms with Crippen LogP contribution in [0.1, 0.15) is 31.0 Å². The van der Waals surface area contributed by atoms with Crippen LogP contribution in [0.5, 0.6) is 5.75 Å². The third kappa shape index (κ3) is 3.74. The minimum Gasteiger partial charge on any atom is -0.508 e. The molecule has 2 heterocycles. The number of aromatic hydroxyl groups is 1. The number of phenolic OH excluding ortho intramolecular Hbond substituents is 1. The molecule has 0 aliphatic carbocycles. The number of fused-ring (bicyclic) bond motifs is 2. The minimum absolute atomic E-state index is 0.121. The summed E-state index contributed by atoms with van der Waals surface area (Å²) in [4.78, 5) is 31.9. The Morgan fingerprint density at radius 1 is 1.15 bits per heavy atom. The minimum atomic E-state index is -0.673. The molecule has 1 atom stereocenters. The zero-order chi connectivity index (χ0) is 23.8. The lowest BCUT2D eigenvalue weighted by Crippen LogP contribution is -2.40. The molecule has 0 amide bonds. The van der Waals surface area contributed by atoms with Crippen LogP contribution in [-0.2, 0) is 9.53 Å². The predicted molar refractivity (Wildman–Crippen MR) is 132 cm³/mol. The normalized spacial score (nSPS) is 15.8. The highest BCUT2D eigenvalue weighted by Gasteiger charge is 2.34. The number of carbonyl (C=O) groups is 1. The lowest BCUT2D eigenvalue weighted by atomic mass is 9.91. The summed E-state index contributed by atoms with van der Waals surface area (Å²) in [5.74, 6) is -0.362. The molecule has 1 aliphatic heterocycles. The first kappa shape index (κ1) is 21.9. The highest BCUT2D eigenvalue weighted by Crippen LogP contribution is 2.34. The molecule has 4 aromatic rings. The Hall–Kier alpha value is -3.97. The van der Waals surface area contributed by atoms with E-state index in [0.29, 0.717) is 26.2 Å². The average Bonchev–Trinajstić information content (AvgIpc) is 3.12. The Kier molecular flexibility index (Phi) is 5.63. The Morgan fingerprint density at radius 3 is 2.71 bits per heavy atom. The van der Waals surface area contributed by atoms with Crippen LogP contribution in [-0.4, -0.2) is 22.2 Å². The van der Waals surface area contributed by atoms with Gasteiger partial charge in [0.2, 0.25) is 0 Å². The van der Waals surface area contributed by atoms with Gasteiger partial charge >= 0.3 is 5.97 Å². The molecule has 6 nitrogen and oxygen atoms in total. The Labute approximate surface area is 199 Å². The van der Waals surface area contributed by atoms with Gasteiger partial charge in [-0.25, -0.2) is 9.79 Å². The highest BCUT2D eigenvalue weighted by atomic mass is 32.1. The van der Waals surface area contributed by atoms with E-state index in [-0.39, 0.29) is 17.9 Å². The van der Waals surface area contributed by atoms with Crippen molar-refractivity contribution in [2.75, 3.05) is 6.61 Å². The molecule has 0 unspecified atom stereocenters. The predicted octanol–water partition coefficient (Wildman–Crippen LogP) is 3.66. The Balaban J connectivity index is 1.81. The van der Waals surface area contributed by atoms with Gasteiger partial charge in [0.1, 0.15) is 5.75 Å². The Bertz CT molecular complexity index is 1640. The van der Waals surface area contributed by atoms with E-state index in [4.69, 9.17) is 4.74 Å². The number of nitrogens with zero attached hydrogens (tertiary/aromatic N) is 2. The fourth-order valence-corrected chi connectivity index (χ4v) is 5.39. The number of ether oxygens (including phenoxy) is 1. The maximum atomic E-state index is 13.7. The van der Waals surface area contributed by atoms with Crippen LogP contribution in [0.15, 0.2) is 87.8 Å². The van der Waals surface area contributed by atoms with Crippen LogP contribution in [0.4, 0.5) is 0 Å². The van der Waals surface area contributed by atoms with Crippen molar-refractivity contribution in [3.05, 3.63) is 109 Å². The maximum Gasteiger partial charge on any atom is 0.338 e. The molecule has 0 spiro atoms. The summed E-state index contributed by atoms with van der Waals surface area (Å²) in [6, 6.07) is 19.8. The number of benzene rings is 3. The first-order chi connectivity index (χ1) is 16.5. The lowest BCUT2D eigenvalue weighted by molar-refractivity contribution is -0.139. The summed E-state index contributed by atoms with van der Waals surface area (Å²) in [5, 5.41) is 11.8. The van der Waals surface area contributed by atoms with Crippen LogP contribution in [0.25, 0.3) is 16.8 Å². The molecule has 0 fully saturated rings. The summed E-state index contributed by atoms with van der Waals surface area (Å²) in [7, 11) is 0. The van der Waals surface area contributed by atoms with E-state index in [1.165, 1.54) is 11.3 Å². The van der Waals surface area contributed by atoms with Gasteiger partial charge < -0.3 is 9.84 Å². The van der Waals surface area contributed by atoms with Crippen molar-refractivity contribution >= 4 is 34.2 Å². The van der Waals surface area contributed by atoms with Crippen molar-refractivity contribution < 1.29 is 14.6 Å². The number of aromatic nitrogens is 1. The molecule has 1 N–H and O–H groups in total. The van der Waals surface area contributed by atoms with Gasteiger partial charge in [-0.2, -0.15) is 0 Å². The van der Waals surface area contributed by atoms with Gasteiger partial charge in [0.15, 0.2) is 4.80 Å². The van der Waals surface area contributed by atoms with Crippen LogP contribution in [0.2, 0.25) is 0 Å². The summed E-state index contributed by atoms with van der Waals surface area (Å²) in [5.41, 5.74) is 2.17. The molecular weight excluding hydrogens is 448 g/mol. The molecular formula is C27H22N2O4S. The Morgan fingerprint density at radius 2 is 1.91 bits per heavy atom. The molecule has 1 aliphatic rings. The second-order valence-corrected chi connectivity index (χ2v) is 8.97. The van der Waals surface area contributed by atoms with E-state index in [9.17, 15) is 14.7 Å². The zero-order valence-electron chi connectivity index (χ0n) is 18.7. The van der Waals surface area contributed by atoms with Gasteiger partial charge in [0.05, 0.1) is 28.5 Å². The number of carbonyl (C=O) groups excluding carboxylic acids is 1. The van der Waals surface area contributed by atoms with Crippen molar-refractivity contribution in [2.24, 2.45) is 4.99 Å². The van der Waals surface area contributed by atoms with Gasteiger partial charge in [-0.3, -0.25) is 9.36 Å². The number of rotatable bonds is 4. The topological polar surface area (TPSA) is 80.9 Å². The quantitative estimate of drug-likeness (QED) is 0.462. The molecule has 0 saturated heterocycles. The van der Waals surface area contributed by atoms with Crippen molar-refractivity contribution in [1.82, 2.24) is 4.57 Å². The largest absolute Gasteiger partial charge is 0.508 e. The van der Waals surface area contributed by atoms with Crippen molar-refractivity contribution in [1.29, 1.82) is 0 Å². The van der Waals surface area contributed by atoms with Crippen LogP contribution in [0, 0.1) is 0 Å². The molecule has 0 bridgehead atoms. The third-order valence-electron chi connectivity index (χ3n) is 5.80. The van der Waals surface area contributed by atoms with Crippen LogP contribution >= 0.6 is 11.3 Å². The standard InChI is InChI=1S/C27H22N2O4S/c1-3-33-26(32)23-16(2)28-27-29(24(23)21-13-7-10-18-9-4-5-12-20(18)21)25(31)22(34-27)15-17-8-6-11-19(30)14-17/h4-15,24,30H,3H2,1-2H3/b22-15+/t24-/m0/s1. The number of hydrogen-bond acceptors (Lipinski definition) is 6. The highest BCUT2D eigenvalue weighted by molar-refractivity contribution is 7.07. The molecule has 5 rings (SSSR count). The average molecular weight is 471 g/mol. The second kappa shape index (κ2) is 8.76. The van der Waals surface area contributed by atoms with Crippen LogP contribution < -0.4 is 14.9 Å². The molecule has 1 aromatic heterocycles. The van der Waals surface area contributed by atoms with Crippen molar-refractivity contribution in [3.63, 3.8) is 0 Å². The number of thiazole rings is 1. The summed E-state index contributed by atoms with van der Waals surface area (Å²) in [6.45, 7) is 3.75. The molecule has 170 valence electrons. The van der Waals surface area contributed by atoms with Gasteiger partial charge in [0.25, 0.3) is 5.56 Å². The first-order valence-corrected chi connectivity index (χ1v) is 11.8. The molecule has 0 saturated carbocycles. The number of allylic oxidation sites excluding steroid dienone is 1. The molecule has 0 radical (unpaired) electrons. The van der Waals surface area contributed by atoms with Crippen LogP contribution in [0.3, 0.4) is 0 Å². The fourth-order valence-electron chi connectivity index (χ4n) is 4.34. The lowest BCUT2D eigenvalue weighted by Gasteiger charge is -2.25. The summed E-state index contributed by atoms with van der Waals surface area (Å²) >= 11 is 1.26. The van der Waals surface area contributed by atoms with E-state index in [2.05, 4.69) is 4.99 Å². The summed E-state index contributed by atoms with van der Waals surface area (Å²) < 4.78 is 7.43. The first-order valence-electron chi connectivity index (χ1n) is 10.9. The second-order valence-electron chi connectivity index (χ2n) is 7.97. The number of phenols is 1. The van der Waals surface area contributed by atoms with E-state index >= 15 is 0 Å². The molecule has 7 heteroatoms. The number of hydrogen-bond donors (Lipinski definition) is 1. The van der Waals surface area contributed by atoms with Crippen molar-refractivity contribution in [3.8, 4) is 5.75 Å². The van der Waals surface area contributed by atoms with E-state index < -0.39 is 12.0 Å². The van der Waals surface area contributed by atoms with Gasteiger partial charge in [-0.1, -0.05) is 65.9 Å². The summed E-state index contributed by atoms with van der Waals surface area (Å²) in [6.07, 6.45) is 1.73. The van der Waals surface area contributed by atoms with E-state index in [1.807, 2.05) is 48.5 Å². The van der Waals surface area contributed by atoms with E-state index in [1.54, 1.807) is 42.7 Å². The number of esters is 1. The zero-order valence-corrected chi connectivity index (χ0v) is 19.5. The monoisotopic (exact) mass is 470 g/mol. The fraction of sp³-hybridized carbons (Fsp3) is 0.148. The van der Waals surface area contributed by atoms with Gasteiger partial charge in [0, 0.05) is 0 Å². The molecule has 34 heavy (non-hydrogen) atoms. The van der Waals surface area contributed by atoms with Gasteiger partial charge in [-0.05, 0) is 54.0 Å². The molecule has 3 aromatic carbocycles. The van der Waals surface area contributed by atoms with Gasteiger partial charge in [-0.15, -0.1) is 0 Å². The third-order valence-corrected chi connectivity index (χ3v) is 6.79. The maximum absolute atomic E-state index is 13.7. The SMILES string of the molecule is CCOC(=O)C1=C(C)N=c2s/c(=C/c3cccc(O)c3)c(=O)n2[C@H]1c1cccc2ccccc12. The van der Waals surface area contributed by atoms with Crippen molar-refractivity contribution in [2.45, 2.75) is 19.9 Å². The van der Waals surface area contributed by atoms with E-state index in [0.717, 1.165) is 16.3 Å². The smallest absolute Gasteiger partial charge is 0.338 e.